The third kappa shape index (κ3) is 2.81. The lowest BCUT2D eigenvalue weighted by atomic mass is 10.1. The number of fused-ring (bicyclic) bond motifs is 1. The Bertz CT molecular complexity index is 983. The van der Waals surface area contributed by atoms with Crippen molar-refractivity contribution in [1.29, 1.82) is 0 Å². The predicted molar refractivity (Wildman–Crippen MR) is 95.3 cm³/mol. The minimum atomic E-state index is 0.442. The van der Waals surface area contributed by atoms with Crippen molar-refractivity contribution in [3.63, 3.8) is 0 Å². The van der Waals surface area contributed by atoms with Gasteiger partial charge in [-0.2, -0.15) is 10.3 Å². The summed E-state index contributed by atoms with van der Waals surface area (Å²) in [6.45, 7) is 0. The molecule has 0 unspecified atom stereocenters. The lowest BCUT2D eigenvalue weighted by molar-refractivity contribution is 0.953. The normalized spacial score (nSPS) is 11.0. The summed E-state index contributed by atoms with van der Waals surface area (Å²) in [5, 5.41) is 10.8. The molecule has 7 heteroatoms. The number of hydrogen-bond acceptors (Lipinski definition) is 6. The standard InChI is InChI=1S/C17H14N6S/c18-15-9-14(16-17(20-15)22-23-21-16)24-10-11-5-1-2-6-12(11)13-7-3-4-8-19-13/h1-9H,10H2,(H3,18,20,21,22,23). The van der Waals surface area contributed by atoms with Gasteiger partial charge < -0.3 is 5.73 Å². The van der Waals surface area contributed by atoms with Crippen LogP contribution in [0.1, 0.15) is 5.56 Å². The van der Waals surface area contributed by atoms with E-state index in [0.717, 1.165) is 27.4 Å². The SMILES string of the molecule is Nc1cc(SCc2ccccc2-c2ccccn2)c2n[nH]nc2n1. The van der Waals surface area contributed by atoms with Crippen LogP contribution in [-0.4, -0.2) is 25.4 Å². The van der Waals surface area contributed by atoms with Crippen LogP contribution >= 0.6 is 11.8 Å². The van der Waals surface area contributed by atoms with Gasteiger partial charge in [0, 0.05) is 22.4 Å². The number of thioether (sulfide) groups is 1. The van der Waals surface area contributed by atoms with Crippen LogP contribution in [0.3, 0.4) is 0 Å². The first-order valence-corrected chi connectivity index (χ1v) is 8.39. The number of aromatic amines is 1. The molecule has 0 fully saturated rings. The van der Waals surface area contributed by atoms with Gasteiger partial charge in [0.15, 0.2) is 0 Å². The highest BCUT2D eigenvalue weighted by atomic mass is 32.2. The summed E-state index contributed by atoms with van der Waals surface area (Å²) in [6.07, 6.45) is 1.81. The Morgan fingerprint density at radius 2 is 1.92 bits per heavy atom. The highest BCUT2D eigenvalue weighted by molar-refractivity contribution is 7.98. The Morgan fingerprint density at radius 3 is 2.79 bits per heavy atom. The van der Waals surface area contributed by atoms with E-state index in [1.807, 2.05) is 42.6 Å². The summed E-state index contributed by atoms with van der Waals surface area (Å²) in [7, 11) is 0. The fourth-order valence-electron chi connectivity index (χ4n) is 2.51. The molecule has 4 rings (SSSR count). The van der Waals surface area contributed by atoms with Gasteiger partial charge in [0.1, 0.15) is 11.3 Å². The largest absolute Gasteiger partial charge is 0.384 e. The van der Waals surface area contributed by atoms with Crippen LogP contribution in [0.2, 0.25) is 0 Å². The molecule has 0 saturated heterocycles. The van der Waals surface area contributed by atoms with Crippen molar-refractivity contribution >= 4 is 28.7 Å². The van der Waals surface area contributed by atoms with Crippen molar-refractivity contribution in [3.8, 4) is 11.3 Å². The molecule has 118 valence electrons. The first kappa shape index (κ1) is 14.6. The number of pyridine rings is 2. The van der Waals surface area contributed by atoms with E-state index in [0.29, 0.717) is 11.5 Å². The molecule has 24 heavy (non-hydrogen) atoms. The van der Waals surface area contributed by atoms with E-state index in [-0.39, 0.29) is 0 Å². The minimum absolute atomic E-state index is 0.442. The van der Waals surface area contributed by atoms with E-state index in [2.05, 4.69) is 37.5 Å². The number of nitrogens with two attached hydrogens (primary N) is 1. The van der Waals surface area contributed by atoms with Crippen LogP contribution in [0.5, 0.6) is 0 Å². The Labute approximate surface area is 142 Å². The summed E-state index contributed by atoms with van der Waals surface area (Å²) in [6, 6.07) is 16.0. The summed E-state index contributed by atoms with van der Waals surface area (Å²) in [5.41, 5.74) is 10.4. The van der Waals surface area contributed by atoms with Gasteiger partial charge in [0.25, 0.3) is 0 Å². The van der Waals surface area contributed by atoms with E-state index in [1.54, 1.807) is 11.8 Å². The van der Waals surface area contributed by atoms with Crippen LogP contribution in [0.25, 0.3) is 22.4 Å². The average Bonchev–Trinajstić information content (AvgIpc) is 3.09. The number of hydrogen-bond donors (Lipinski definition) is 2. The zero-order chi connectivity index (χ0) is 16.4. The fourth-order valence-corrected chi connectivity index (χ4v) is 3.55. The molecule has 0 saturated carbocycles. The van der Waals surface area contributed by atoms with Crippen molar-refractivity contribution < 1.29 is 0 Å². The van der Waals surface area contributed by atoms with Crippen molar-refractivity contribution in [2.24, 2.45) is 0 Å². The maximum atomic E-state index is 5.86. The van der Waals surface area contributed by atoms with Gasteiger partial charge in [-0.3, -0.25) is 4.98 Å². The second kappa shape index (κ2) is 6.29. The topological polar surface area (TPSA) is 93.4 Å². The molecule has 0 aliphatic carbocycles. The molecule has 3 heterocycles. The number of anilines is 1. The molecule has 0 bridgehead atoms. The molecule has 0 spiro atoms. The molecule has 0 aliphatic heterocycles. The van der Waals surface area contributed by atoms with Crippen LogP contribution in [0.4, 0.5) is 5.82 Å². The number of H-pyrrole nitrogens is 1. The van der Waals surface area contributed by atoms with Crippen LogP contribution in [0, 0.1) is 0 Å². The molecule has 0 atom stereocenters. The van der Waals surface area contributed by atoms with E-state index in [1.165, 1.54) is 5.56 Å². The fraction of sp³-hybridized carbons (Fsp3) is 0.0588. The molecule has 0 aliphatic rings. The highest BCUT2D eigenvalue weighted by Crippen LogP contribution is 2.32. The second-order valence-electron chi connectivity index (χ2n) is 5.20. The monoisotopic (exact) mass is 334 g/mol. The zero-order valence-corrected chi connectivity index (χ0v) is 13.5. The maximum absolute atomic E-state index is 5.86. The van der Waals surface area contributed by atoms with Gasteiger partial charge in [0.2, 0.25) is 5.65 Å². The number of rotatable bonds is 4. The van der Waals surface area contributed by atoms with Gasteiger partial charge >= 0.3 is 0 Å². The molecule has 0 amide bonds. The summed E-state index contributed by atoms with van der Waals surface area (Å²) in [4.78, 5) is 9.58. The van der Waals surface area contributed by atoms with Gasteiger partial charge in [0.05, 0.1) is 5.69 Å². The van der Waals surface area contributed by atoms with E-state index in [9.17, 15) is 0 Å². The predicted octanol–water partition coefficient (Wildman–Crippen LogP) is 3.29. The Kier molecular flexibility index (Phi) is 3.84. The highest BCUT2D eigenvalue weighted by Gasteiger charge is 2.11. The molecular weight excluding hydrogens is 320 g/mol. The summed E-state index contributed by atoms with van der Waals surface area (Å²) < 4.78 is 0. The minimum Gasteiger partial charge on any atom is -0.384 e. The Morgan fingerprint density at radius 1 is 1.04 bits per heavy atom. The van der Waals surface area contributed by atoms with Gasteiger partial charge in [-0.25, -0.2) is 4.98 Å². The summed E-state index contributed by atoms with van der Waals surface area (Å²) >= 11 is 1.66. The number of nitrogens with one attached hydrogen (secondary N) is 1. The van der Waals surface area contributed by atoms with E-state index >= 15 is 0 Å². The van der Waals surface area contributed by atoms with E-state index in [4.69, 9.17) is 5.73 Å². The van der Waals surface area contributed by atoms with Crippen LogP contribution < -0.4 is 5.73 Å². The van der Waals surface area contributed by atoms with Gasteiger partial charge in [-0.05, 0) is 23.8 Å². The number of benzene rings is 1. The molecular formula is C17H14N6S. The molecule has 3 N–H and O–H groups in total. The lowest BCUT2D eigenvalue weighted by Crippen LogP contribution is -1.93. The number of nitrogens with zero attached hydrogens (tertiary/aromatic N) is 4. The number of nitrogen functional groups attached to an aromatic ring is 1. The lowest BCUT2D eigenvalue weighted by Gasteiger charge is -2.09. The average molecular weight is 334 g/mol. The van der Waals surface area contributed by atoms with Crippen molar-refractivity contribution in [2.75, 3.05) is 5.73 Å². The zero-order valence-electron chi connectivity index (χ0n) is 12.7. The van der Waals surface area contributed by atoms with Crippen molar-refractivity contribution in [2.45, 2.75) is 10.6 Å². The van der Waals surface area contributed by atoms with Crippen molar-refractivity contribution in [1.82, 2.24) is 25.4 Å². The molecule has 1 aromatic carbocycles. The molecule has 6 nitrogen and oxygen atoms in total. The quantitative estimate of drug-likeness (QED) is 0.556. The number of aromatic nitrogens is 5. The maximum Gasteiger partial charge on any atom is 0.204 e. The first-order chi connectivity index (χ1) is 11.8. The summed E-state index contributed by atoms with van der Waals surface area (Å²) in [5.74, 6) is 1.22. The van der Waals surface area contributed by atoms with Crippen LogP contribution in [-0.2, 0) is 5.75 Å². The van der Waals surface area contributed by atoms with Crippen molar-refractivity contribution in [3.05, 3.63) is 60.3 Å². The first-order valence-electron chi connectivity index (χ1n) is 7.40. The van der Waals surface area contributed by atoms with Gasteiger partial charge in [-0.1, -0.05) is 30.3 Å². The second-order valence-corrected chi connectivity index (χ2v) is 6.22. The third-order valence-corrected chi connectivity index (χ3v) is 4.70. The Hall–Kier alpha value is -2.93. The molecule has 4 aromatic rings. The van der Waals surface area contributed by atoms with E-state index < -0.39 is 0 Å². The van der Waals surface area contributed by atoms with Gasteiger partial charge in [-0.15, -0.1) is 16.9 Å². The third-order valence-electron chi connectivity index (χ3n) is 3.62. The van der Waals surface area contributed by atoms with Crippen LogP contribution in [0.15, 0.2) is 59.6 Å². The Balaban J connectivity index is 1.66. The molecule has 3 aromatic heterocycles. The smallest absolute Gasteiger partial charge is 0.204 e. The molecule has 0 radical (unpaired) electrons.